The van der Waals surface area contributed by atoms with E-state index in [1.165, 1.54) is 19.1 Å². The smallest absolute Gasteiger partial charge is 0.326 e. The van der Waals surface area contributed by atoms with Gasteiger partial charge in [-0.3, -0.25) is 14.4 Å². The highest BCUT2D eigenvalue weighted by atomic mass is 35.5. The molecule has 0 bridgehead atoms. The van der Waals surface area contributed by atoms with Crippen LogP contribution in [0, 0.1) is 40.6 Å². The number of hydrogen-bond donors (Lipinski definition) is 2. The summed E-state index contributed by atoms with van der Waals surface area (Å²) in [5, 5.41) is 13.4. The minimum Gasteiger partial charge on any atom is -0.326 e. The lowest BCUT2D eigenvalue weighted by Gasteiger charge is -2.13. The molecule has 6 nitrogen and oxygen atoms in total. The first-order valence-corrected chi connectivity index (χ1v) is 13.7. The van der Waals surface area contributed by atoms with E-state index in [-0.39, 0.29) is 21.8 Å². The Labute approximate surface area is 260 Å². The van der Waals surface area contributed by atoms with E-state index >= 15 is 4.39 Å². The van der Waals surface area contributed by atoms with E-state index in [1.54, 1.807) is 6.07 Å². The molecule has 3 aromatic carbocycles. The summed E-state index contributed by atoms with van der Waals surface area (Å²) in [6.45, 7) is 1.27. The van der Waals surface area contributed by atoms with Crippen molar-refractivity contribution in [2.45, 2.75) is 29.8 Å². The number of alkyl halides is 5. The van der Waals surface area contributed by atoms with Crippen LogP contribution >= 0.6 is 34.8 Å². The highest BCUT2D eigenvalue weighted by Gasteiger charge is 2.67. The monoisotopic (exact) mass is 675 g/mol. The summed E-state index contributed by atoms with van der Waals surface area (Å²) in [6, 6.07) is 9.18. The van der Waals surface area contributed by atoms with E-state index < -0.39 is 86.5 Å². The van der Waals surface area contributed by atoms with Crippen LogP contribution < -0.4 is 10.6 Å². The van der Waals surface area contributed by atoms with Crippen LogP contribution in [-0.2, 0) is 22.2 Å². The van der Waals surface area contributed by atoms with Crippen molar-refractivity contribution in [1.82, 2.24) is 0 Å². The van der Waals surface area contributed by atoms with Gasteiger partial charge in [0.2, 0.25) is 5.91 Å². The van der Waals surface area contributed by atoms with Crippen LogP contribution in [-0.4, -0.2) is 21.9 Å². The summed E-state index contributed by atoms with van der Waals surface area (Å²) in [4.78, 5) is 38.1. The van der Waals surface area contributed by atoms with E-state index in [1.807, 2.05) is 0 Å². The number of nitrogens with zero attached hydrogens (tertiary/aromatic N) is 1. The zero-order valence-electron chi connectivity index (χ0n) is 22.1. The number of rotatable bonds is 8. The van der Waals surface area contributed by atoms with Crippen LogP contribution in [0.15, 0.2) is 48.5 Å². The third kappa shape index (κ3) is 6.65. The molecule has 0 saturated heterocycles. The number of anilines is 2. The fraction of sp³-hybridized carbons (Fsp3) is 0.241. The zero-order valence-corrected chi connectivity index (χ0v) is 24.4. The molecule has 3 aromatic rings. The molecule has 0 aliphatic heterocycles. The number of ketones is 1. The maximum Gasteiger partial charge on any atom is 0.419 e. The number of halogens is 9. The average Bonchev–Trinajstić information content (AvgIpc) is 3.54. The van der Waals surface area contributed by atoms with Gasteiger partial charge in [0.25, 0.3) is 5.91 Å². The Morgan fingerprint density at radius 2 is 1.66 bits per heavy atom. The molecule has 1 aliphatic rings. The van der Waals surface area contributed by atoms with Crippen molar-refractivity contribution >= 4 is 63.8 Å². The van der Waals surface area contributed by atoms with Gasteiger partial charge in [0, 0.05) is 23.6 Å². The molecular formula is C29H18Cl3F6N3O3. The van der Waals surface area contributed by atoms with Crippen LogP contribution in [0.2, 0.25) is 5.02 Å². The maximum absolute atomic E-state index is 15.1. The number of hydrogen-bond acceptors (Lipinski definition) is 4. The molecule has 230 valence electrons. The van der Waals surface area contributed by atoms with Gasteiger partial charge in [-0.15, -0.1) is 23.2 Å². The van der Waals surface area contributed by atoms with E-state index in [2.05, 4.69) is 10.6 Å². The number of carbonyl (C=O) groups is 3. The molecule has 1 fully saturated rings. The van der Waals surface area contributed by atoms with Gasteiger partial charge >= 0.3 is 6.18 Å². The molecule has 4 rings (SSSR count). The summed E-state index contributed by atoms with van der Waals surface area (Å²) in [7, 11) is 0. The summed E-state index contributed by atoms with van der Waals surface area (Å²) < 4.78 is 80.8. The predicted octanol–water partition coefficient (Wildman–Crippen LogP) is 7.83. The predicted molar refractivity (Wildman–Crippen MR) is 150 cm³/mol. The second-order valence-electron chi connectivity index (χ2n) is 9.89. The molecule has 2 N–H and O–H groups in total. The van der Waals surface area contributed by atoms with Crippen LogP contribution in [0.4, 0.5) is 37.7 Å². The van der Waals surface area contributed by atoms with Gasteiger partial charge in [-0.05, 0) is 55.0 Å². The lowest BCUT2D eigenvalue weighted by Crippen LogP contribution is -2.19. The molecule has 3 atom stereocenters. The van der Waals surface area contributed by atoms with E-state index in [0.717, 1.165) is 24.3 Å². The molecular weight excluding hydrogens is 659 g/mol. The number of benzene rings is 3. The van der Waals surface area contributed by atoms with Crippen LogP contribution in [0.5, 0.6) is 0 Å². The molecule has 44 heavy (non-hydrogen) atoms. The second kappa shape index (κ2) is 12.3. The highest BCUT2D eigenvalue weighted by Crippen LogP contribution is 2.65. The number of Topliss-reactive ketones (excluding diaryl/α,β-unsaturated/α-hetero) is 1. The number of nitriles is 1. The molecule has 0 heterocycles. The van der Waals surface area contributed by atoms with Gasteiger partial charge in [-0.1, -0.05) is 17.7 Å². The van der Waals surface area contributed by atoms with Crippen molar-refractivity contribution in [2.24, 2.45) is 11.8 Å². The van der Waals surface area contributed by atoms with Gasteiger partial charge in [0.1, 0.15) is 21.9 Å². The zero-order chi connectivity index (χ0) is 32.7. The molecule has 0 spiro atoms. The van der Waals surface area contributed by atoms with Gasteiger partial charge in [-0.25, -0.2) is 13.2 Å². The molecule has 1 aliphatic carbocycles. The summed E-state index contributed by atoms with van der Waals surface area (Å²) in [6.07, 6.45) is -5.74. The quantitative estimate of drug-likeness (QED) is 0.188. The molecule has 1 saturated carbocycles. The van der Waals surface area contributed by atoms with Crippen molar-refractivity contribution in [3.05, 3.63) is 93.3 Å². The number of amides is 2. The minimum atomic E-state index is -5.00. The molecule has 0 radical (unpaired) electrons. The van der Waals surface area contributed by atoms with Crippen molar-refractivity contribution < 1.29 is 40.7 Å². The minimum absolute atomic E-state index is 0.0224. The van der Waals surface area contributed by atoms with Crippen LogP contribution in [0.25, 0.3) is 0 Å². The summed E-state index contributed by atoms with van der Waals surface area (Å²) >= 11 is 18.6. The van der Waals surface area contributed by atoms with Crippen molar-refractivity contribution in [3.63, 3.8) is 0 Å². The normalized spacial score (nSPS) is 17.8. The number of nitrogens with one attached hydrogen (secondary N) is 2. The second-order valence-corrected chi connectivity index (χ2v) is 11.7. The van der Waals surface area contributed by atoms with E-state index in [4.69, 9.17) is 40.1 Å². The largest absolute Gasteiger partial charge is 0.419 e. The Balaban J connectivity index is 1.52. The first-order chi connectivity index (χ1) is 20.5. The van der Waals surface area contributed by atoms with Gasteiger partial charge in [-0.2, -0.15) is 18.4 Å². The standard InChI is InChI=1S/C29H18Cl3F6N3O3/c1-12(11-39)22(42)10-16-19(33)6-7-21(25(16)35)41-26(43)15-9-14(3-4-18(15)30)40-27(44)24-23(28(24,31)32)13-2-5-20(34)17(8-13)29(36,37)38/h2-9,12,23-24H,10H2,1H3,(H,40,44)(H,41,43)/t12?,23-,24+/m0/s1. The fourth-order valence-corrected chi connectivity index (χ4v) is 5.50. The van der Waals surface area contributed by atoms with E-state index in [9.17, 15) is 36.3 Å². The van der Waals surface area contributed by atoms with Crippen molar-refractivity contribution in [3.8, 4) is 6.07 Å². The molecule has 15 heteroatoms. The Hall–Kier alpha value is -3.79. The highest BCUT2D eigenvalue weighted by molar-refractivity contribution is 6.53. The lowest BCUT2D eigenvalue weighted by molar-refractivity contribution is -0.140. The van der Waals surface area contributed by atoms with Gasteiger partial charge in [0.15, 0.2) is 11.6 Å². The van der Waals surface area contributed by atoms with Crippen LogP contribution in [0.1, 0.15) is 39.9 Å². The Morgan fingerprint density at radius 1 is 1.00 bits per heavy atom. The Morgan fingerprint density at radius 3 is 2.30 bits per heavy atom. The average molecular weight is 677 g/mol. The van der Waals surface area contributed by atoms with Gasteiger partial charge in [0.05, 0.1) is 33.8 Å². The molecule has 0 aromatic heterocycles. The molecule has 1 unspecified atom stereocenters. The number of carbonyl (C=O) groups excluding carboxylic acids is 3. The molecule has 2 amide bonds. The van der Waals surface area contributed by atoms with Gasteiger partial charge < -0.3 is 10.6 Å². The van der Waals surface area contributed by atoms with E-state index in [0.29, 0.717) is 12.1 Å². The third-order valence-corrected chi connectivity index (χ3v) is 8.20. The van der Waals surface area contributed by atoms with Crippen molar-refractivity contribution in [2.75, 3.05) is 10.6 Å². The topological polar surface area (TPSA) is 99.1 Å². The first-order valence-electron chi connectivity index (χ1n) is 12.5. The summed E-state index contributed by atoms with van der Waals surface area (Å²) in [5.74, 6) is -9.89. The SMILES string of the molecule is CC(C#N)C(=O)Cc1c(F)ccc(NC(=O)c2cc(NC(=O)[C@H]3[C@H](c4ccc(F)c(C(F)(F)F)c4)C3(Cl)Cl)ccc2Cl)c1F. The Kier molecular flexibility index (Phi) is 9.26. The third-order valence-electron chi connectivity index (χ3n) is 6.93. The maximum atomic E-state index is 15.1. The fourth-order valence-electron chi connectivity index (χ4n) is 4.46. The first kappa shape index (κ1) is 33.1. The summed E-state index contributed by atoms with van der Waals surface area (Å²) in [5.41, 5.74) is -3.12. The lowest BCUT2D eigenvalue weighted by atomic mass is 9.99. The Bertz CT molecular complexity index is 1720. The van der Waals surface area contributed by atoms with Crippen LogP contribution in [0.3, 0.4) is 0 Å². The van der Waals surface area contributed by atoms with Crippen molar-refractivity contribution in [1.29, 1.82) is 5.26 Å².